The summed E-state index contributed by atoms with van der Waals surface area (Å²) >= 11 is 0. The molecule has 1 fully saturated rings. The number of para-hydroxylation sites is 1. The number of nitrogens with one attached hydrogen (secondary N) is 2. The maximum Gasteiger partial charge on any atom is 0.253 e. The monoisotopic (exact) mass is 373 g/mol. The quantitative estimate of drug-likeness (QED) is 0.732. The van der Waals surface area contributed by atoms with E-state index in [1.165, 1.54) is 0 Å². The molecular formula is C22H35N3O2. The topological polar surface area (TPSA) is 61.4 Å². The Morgan fingerprint density at radius 3 is 2.37 bits per heavy atom. The van der Waals surface area contributed by atoms with Gasteiger partial charge in [0.15, 0.2) is 0 Å². The van der Waals surface area contributed by atoms with E-state index < -0.39 is 0 Å². The summed E-state index contributed by atoms with van der Waals surface area (Å²) < 4.78 is 0. The fourth-order valence-electron chi connectivity index (χ4n) is 3.43. The van der Waals surface area contributed by atoms with Gasteiger partial charge in [0.05, 0.1) is 5.56 Å². The van der Waals surface area contributed by atoms with Crippen LogP contribution in [0.3, 0.4) is 0 Å². The average molecular weight is 374 g/mol. The van der Waals surface area contributed by atoms with Gasteiger partial charge in [-0.2, -0.15) is 0 Å². The molecule has 0 unspecified atom stereocenters. The van der Waals surface area contributed by atoms with Crippen molar-refractivity contribution in [2.45, 2.75) is 59.4 Å². The lowest BCUT2D eigenvalue weighted by Gasteiger charge is -2.35. The van der Waals surface area contributed by atoms with Gasteiger partial charge in [0.2, 0.25) is 5.91 Å². The third kappa shape index (κ3) is 6.89. The zero-order valence-electron chi connectivity index (χ0n) is 17.3. The van der Waals surface area contributed by atoms with Gasteiger partial charge >= 0.3 is 0 Å². The molecular weight excluding hydrogens is 338 g/mol. The Morgan fingerprint density at radius 1 is 1.07 bits per heavy atom. The zero-order valence-corrected chi connectivity index (χ0v) is 17.3. The number of rotatable bonds is 8. The summed E-state index contributed by atoms with van der Waals surface area (Å²) in [7, 11) is 0. The van der Waals surface area contributed by atoms with E-state index in [1.807, 2.05) is 24.3 Å². The SMILES string of the molecule is CC(C)CCNC(=O)c1ccccc1N1CCC(NC(=O)CC(C)C)CC1. The summed E-state index contributed by atoms with van der Waals surface area (Å²) in [5.41, 5.74) is 1.73. The number of piperidine rings is 1. The predicted octanol–water partition coefficient (Wildman–Crippen LogP) is 3.59. The van der Waals surface area contributed by atoms with Gasteiger partial charge in [-0.25, -0.2) is 0 Å². The molecule has 5 heteroatoms. The van der Waals surface area contributed by atoms with Crippen molar-refractivity contribution in [2.24, 2.45) is 11.8 Å². The van der Waals surface area contributed by atoms with E-state index in [2.05, 4.69) is 43.2 Å². The number of amides is 2. The van der Waals surface area contributed by atoms with Crippen LogP contribution in [-0.4, -0.2) is 37.5 Å². The minimum Gasteiger partial charge on any atom is -0.371 e. The summed E-state index contributed by atoms with van der Waals surface area (Å²) in [6.45, 7) is 10.8. The highest BCUT2D eigenvalue weighted by Crippen LogP contribution is 2.24. The summed E-state index contributed by atoms with van der Waals surface area (Å²) in [5.74, 6) is 1.10. The van der Waals surface area contributed by atoms with E-state index in [4.69, 9.17) is 0 Å². The minimum absolute atomic E-state index is 0.00129. The largest absolute Gasteiger partial charge is 0.371 e. The van der Waals surface area contributed by atoms with Crippen LogP contribution in [0.5, 0.6) is 0 Å². The number of nitrogens with zero attached hydrogens (tertiary/aromatic N) is 1. The highest BCUT2D eigenvalue weighted by atomic mass is 16.2. The van der Waals surface area contributed by atoms with Crippen molar-refractivity contribution >= 4 is 17.5 Å². The molecule has 1 aromatic rings. The Kier molecular flexibility index (Phi) is 8.14. The molecule has 5 nitrogen and oxygen atoms in total. The van der Waals surface area contributed by atoms with E-state index in [-0.39, 0.29) is 17.9 Å². The number of hydrogen-bond donors (Lipinski definition) is 2. The van der Waals surface area contributed by atoms with Crippen molar-refractivity contribution in [3.05, 3.63) is 29.8 Å². The van der Waals surface area contributed by atoms with Gasteiger partial charge < -0.3 is 15.5 Å². The molecule has 0 aromatic heterocycles. The Morgan fingerprint density at radius 2 is 1.74 bits per heavy atom. The highest BCUT2D eigenvalue weighted by molar-refractivity contribution is 5.99. The molecule has 0 spiro atoms. The maximum absolute atomic E-state index is 12.6. The third-order valence-electron chi connectivity index (χ3n) is 4.95. The van der Waals surface area contributed by atoms with Gasteiger partial charge in [0, 0.05) is 37.8 Å². The normalized spacial score (nSPS) is 15.3. The second kappa shape index (κ2) is 10.3. The van der Waals surface area contributed by atoms with E-state index >= 15 is 0 Å². The smallest absolute Gasteiger partial charge is 0.253 e. The first-order chi connectivity index (χ1) is 12.9. The Bertz CT molecular complexity index is 620. The van der Waals surface area contributed by atoms with E-state index in [1.54, 1.807) is 0 Å². The molecule has 2 rings (SSSR count). The second-order valence-electron chi connectivity index (χ2n) is 8.38. The van der Waals surface area contributed by atoms with Gasteiger partial charge in [-0.3, -0.25) is 9.59 Å². The first-order valence-corrected chi connectivity index (χ1v) is 10.3. The molecule has 0 atom stereocenters. The molecule has 1 saturated heterocycles. The molecule has 1 aliphatic heterocycles. The van der Waals surface area contributed by atoms with Crippen molar-refractivity contribution < 1.29 is 9.59 Å². The fraction of sp³-hybridized carbons (Fsp3) is 0.636. The van der Waals surface area contributed by atoms with Gasteiger partial charge in [-0.05, 0) is 43.2 Å². The van der Waals surface area contributed by atoms with Crippen LogP contribution in [0.15, 0.2) is 24.3 Å². The minimum atomic E-state index is -0.00129. The van der Waals surface area contributed by atoms with E-state index in [0.29, 0.717) is 24.8 Å². The summed E-state index contributed by atoms with van der Waals surface area (Å²) in [4.78, 5) is 26.9. The lowest BCUT2D eigenvalue weighted by atomic mass is 10.0. The molecule has 2 amide bonds. The van der Waals surface area contributed by atoms with Gasteiger partial charge in [-0.1, -0.05) is 39.8 Å². The first kappa shape index (κ1) is 21.3. The number of hydrogen-bond acceptors (Lipinski definition) is 3. The number of anilines is 1. The van der Waals surface area contributed by atoms with E-state index in [0.717, 1.165) is 43.6 Å². The first-order valence-electron chi connectivity index (χ1n) is 10.3. The van der Waals surface area contributed by atoms with Gasteiger partial charge in [0.25, 0.3) is 5.91 Å². The predicted molar refractivity (Wildman–Crippen MR) is 111 cm³/mol. The lowest BCUT2D eigenvalue weighted by Crippen LogP contribution is -2.45. The summed E-state index contributed by atoms with van der Waals surface area (Å²) in [6.07, 6.45) is 3.38. The van der Waals surface area contributed by atoms with Crippen molar-refractivity contribution in [1.82, 2.24) is 10.6 Å². The standard InChI is InChI=1S/C22H35N3O2/c1-16(2)9-12-23-22(27)19-7-5-6-8-20(19)25-13-10-18(11-14-25)24-21(26)15-17(3)4/h5-8,16-18H,9-15H2,1-4H3,(H,23,27)(H,24,26). The van der Waals surface area contributed by atoms with Crippen LogP contribution in [0.4, 0.5) is 5.69 Å². The van der Waals surface area contributed by atoms with Gasteiger partial charge in [-0.15, -0.1) is 0 Å². The van der Waals surface area contributed by atoms with Crippen molar-refractivity contribution in [3.8, 4) is 0 Å². The van der Waals surface area contributed by atoms with Crippen LogP contribution in [0.25, 0.3) is 0 Å². The molecule has 0 radical (unpaired) electrons. The van der Waals surface area contributed by atoms with Crippen LogP contribution in [0, 0.1) is 11.8 Å². The van der Waals surface area contributed by atoms with Crippen molar-refractivity contribution in [3.63, 3.8) is 0 Å². The Hall–Kier alpha value is -2.04. The number of carbonyl (C=O) groups is 2. The molecule has 150 valence electrons. The fourth-order valence-corrected chi connectivity index (χ4v) is 3.43. The lowest BCUT2D eigenvalue weighted by molar-refractivity contribution is -0.122. The molecule has 0 saturated carbocycles. The third-order valence-corrected chi connectivity index (χ3v) is 4.95. The van der Waals surface area contributed by atoms with Crippen LogP contribution in [0.1, 0.15) is 63.7 Å². The molecule has 27 heavy (non-hydrogen) atoms. The van der Waals surface area contributed by atoms with Crippen LogP contribution in [0.2, 0.25) is 0 Å². The molecule has 2 N–H and O–H groups in total. The summed E-state index contributed by atoms with van der Waals surface area (Å²) in [5, 5.41) is 6.19. The molecule has 0 aliphatic carbocycles. The molecule has 1 aromatic carbocycles. The molecule has 1 aliphatic rings. The zero-order chi connectivity index (χ0) is 19.8. The highest BCUT2D eigenvalue weighted by Gasteiger charge is 2.23. The van der Waals surface area contributed by atoms with E-state index in [9.17, 15) is 9.59 Å². The number of benzene rings is 1. The number of carbonyl (C=O) groups excluding carboxylic acids is 2. The van der Waals surface area contributed by atoms with Gasteiger partial charge in [0.1, 0.15) is 0 Å². The molecule has 1 heterocycles. The average Bonchev–Trinajstić information content (AvgIpc) is 2.61. The van der Waals surface area contributed by atoms with Crippen LogP contribution < -0.4 is 15.5 Å². The Balaban J connectivity index is 1.92. The van der Waals surface area contributed by atoms with Crippen molar-refractivity contribution in [2.75, 3.05) is 24.5 Å². The van der Waals surface area contributed by atoms with Crippen LogP contribution in [-0.2, 0) is 4.79 Å². The second-order valence-corrected chi connectivity index (χ2v) is 8.38. The summed E-state index contributed by atoms with van der Waals surface area (Å²) in [6, 6.07) is 8.06. The van der Waals surface area contributed by atoms with Crippen LogP contribution >= 0.6 is 0 Å². The molecule has 0 bridgehead atoms. The maximum atomic E-state index is 12.6. The van der Waals surface area contributed by atoms with Crippen molar-refractivity contribution in [1.29, 1.82) is 0 Å². The Labute approximate surface area is 163 Å².